The summed E-state index contributed by atoms with van der Waals surface area (Å²) in [5.41, 5.74) is 0. The van der Waals surface area contributed by atoms with Crippen LogP contribution in [-0.2, 0) is 9.59 Å². The third-order valence-electron chi connectivity index (χ3n) is 4.98. The van der Waals surface area contributed by atoms with E-state index in [2.05, 4.69) is 13.8 Å². The van der Waals surface area contributed by atoms with E-state index in [1.807, 2.05) is 6.92 Å². The fraction of sp³-hybridized carbons (Fsp3) is 0.889. The van der Waals surface area contributed by atoms with Crippen LogP contribution < -0.4 is 0 Å². The van der Waals surface area contributed by atoms with E-state index in [0.717, 1.165) is 6.42 Å². The highest BCUT2D eigenvalue weighted by Crippen LogP contribution is 2.45. The monoisotopic (exact) mass is 312 g/mol. The van der Waals surface area contributed by atoms with E-state index < -0.39 is 10.7 Å². The van der Waals surface area contributed by atoms with E-state index >= 15 is 0 Å². The van der Waals surface area contributed by atoms with Crippen molar-refractivity contribution in [3.8, 4) is 0 Å². The van der Waals surface area contributed by atoms with Crippen molar-refractivity contribution in [1.82, 2.24) is 0 Å². The van der Waals surface area contributed by atoms with Gasteiger partial charge in [-0.25, -0.2) is 0 Å². The van der Waals surface area contributed by atoms with Crippen LogP contribution >= 0.6 is 11.8 Å². The second-order valence-electron chi connectivity index (χ2n) is 6.78. The average molecular weight is 313 g/mol. The highest BCUT2D eigenvalue weighted by atomic mass is 32.2. The molecule has 3 unspecified atom stereocenters. The van der Waals surface area contributed by atoms with Crippen molar-refractivity contribution >= 4 is 22.7 Å². The molecule has 0 spiro atoms. The predicted molar refractivity (Wildman–Crippen MR) is 91.6 cm³/mol. The van der Waals surface area contributed by atoms with Crippen molar-refractivity contribution in [3.63, 3.8) is 0 Å². The summed E-state index contributed by atoms with van der Waals surface area (Å²) in [5, 5.41) is 0.0604. The van der Waals surface area contributed by atoms with E-state index in [0.29, 0.717) is 5.92 Å². The first kappa shape index (κ1) is 18.7. The minimum Gasteiger partial charge on any atom is -0.297 e. The SMILES string of the molecule is CCCCCCCCCCC(C)C1(C)SC(=O)C(C)C1=O. The first-order valence-electron chi connectivity index (χ1n) is 8.70. The lowest BCUT2D eigenvalue weighted by molar-refractivity contribution is -0.128. The third kappa shape index (κ3) is 5.12. The van der Waals surface area contributed by atoms with Crippen LogP contribution in [0.5, 0.6) is 0 Å². The second kappa shape index (κ2) is 8.97. The van der Waals surface area contributed by atoms with Crippen molar-refractivity contribution in [2.45, 2.75) is 90.2 Å². The van der Waals surface area contributed by atoms with Gasteiger partial charge < -0.3 is 0 Å². The van der Waals surface area contributed by atoms with Crippen molar-refractivity contribution in [2.75, 3.05) is 0 Å². The zero-order valence-electron chi connectivity index (χ0n) is 14.2. The lowest BCUT2D eigenvalue weighted by Gasteiger charge is -2.28. The molecule has 1 heterocycles. The number of carbonyl (C=O) groups excluding carboxylic acids is 2. The molecule has 122 valence electrons. The largest absolute Gasteiger partial charge is 0.297 e. The molecule has 1 saturated heterocycles. The van der Waals surface area contributed by atoms with Crippen molar-refractivity contribution in [2.24, 2.45) is 11.8 Å². The van der Waals surface area contributed by atoms with Gasteiger partial charge in [0.05, 0.1) is 10.7 Å². The number of rotatable bonds is 10. The van der Waals surface area contributed by atoms with Gasteiger partial charge in [-0.1, -0.05) is 77.0 Å². The molecule has 1 fully saturated rings. The van der Waals surface area contributed by atoms with Gasteiger partial charge in [-0.15, -0.1) is 0 Å². The van der Waals surface area contributed by atoms with Crippen molar-refractivity contribution in [3.05, 3.63) is 0 Å². The van der Waals surface area contributed by atoms with Crippen LogP contribution in [0.2, 0.25) is 0 Å². The molecule has 0 amide bonds. The molecule has 0 aromatic carbocycles. The van der Waals surface area contributed by atoms with Gasteiger partial charge >= 0.3 is 0 Å². The van der Waals surface area contributed by atoms with Gasteiger partial charge in [-0.05, 0) is 26.2 Å². The fourth-order valence-corrected chi connectivity index (χ4v) is 4.39. The van der Waals surface area contributed by atoms with Crippen LogP contribution in [-0.4, -0.2) is 15.6 Å². The van der Waals surface area contributed by atoms with E-state index in [1.54, 1.807) is 6.92 Å². The molecule has 0 bridgehead atoms. The quantitative estimate of drug-likeness (QED) is 0.400. The van der Waals surface area contributed by atoms with Crippen LogP contribution in [0.1, 0.15) is 85.5 Å². The molecule has 0 radical (unpaired) electrons. The molecular weight excluding hydrogens is 280 g/mol. The molecule has 21 heavy (non-hydrogen) atoms. The Morgan fingerprint density at radius 1 is 1.05 bits per heavy atom. The highest BCUT2D eigenvalue weighted by Gasteiger charge is 2.51. The third-order valence-corrected chi connectivity index (χ3v) is 6.56. The molecule has 1 aliphatic rings. The molecule has 2 nitrogen and oxygen atoms in total. The standard InChI is InChI=1S/C18H32O2S/c1-5-6-7-8-9-10-11-12-13-14(2)18(4)16(19)15(3)17(20)21-18/h14-15H,5-13H2,1-4H3. The Morgan fingerprint density at radius 2 is 1.57 bits per heavy atom. The number of hydrogen-bond acceptors (Lipinski definition) is 3. The molecule has 0 saturated carbocycles. The molecule has 0 aliphatic carbocycles. The maximum Gasteiger partial charge on any atom is 0.200 e. The zero-order valence-corrected chi connectivity index (χ0v) is 15.1. The maximum atomic E-state index is 12.3. The van der Waals surface area contributed by atoms with Gasteiger partial charge in [0.1, 0.15) is 0 Å². The van der Waals surface area contributed by atoms with Gasteiger partial charge in [0.2, 0.25) is 0 Å². The first-order chi connectivity index (χ1) is 9.93. The molecule has 0 aromatic heterocycles. The molecule has 1 aliphatic heterocycles. The normalized spacial score (nSPS) is 27.3. The Balaban J connectivity index is 2.21. The fourth-order valence-electron chi connectivity index (χ4n) is 3.09. The Morgan fingerprint density at radius 3 is 2.05 bits per heavy atom. The average Bonchev–Trinajstić information content (AvgIpc) is 2.66. The van der Waals surface area contributed by atoms with Gasteiger partial charge in [0, 0.05) is 0 Å². The smallest absolute Gasteiger partial charge is 0.200 e. The van der Waals surface area contributed by atoms with E-state index in [1.165, 1.54) is 63.1 Å². The van der Waals surface area contributed by atoms with Crippen LogP contribution in [0.3, 0.4) is 0 Å². The van der Waals surface area contributed by atoms with Gasteiger partial charge in [0.15, 0.2) is 10.9 Å². The number of hydrogen-bond donors (Lipinski definition) is 0. The van der Waals surface area contributed by atoms with Gasteiger partial charge in [-0.3, -0.25) is 9.59 Å². The van der Waals surface area contributed by atoms with E-state index in [-0.39, 0.29) is 10.9 Å². The van der Waals surface area contributed by atoms with Gasteiger partial charge in [0.25, 0.3) is 0 Å². The second-order valence-corrected chi connectivity index (χ2v) is 8.23. The van der Waals surface area contributed by atoms with Crippen molar-refractivity contribution in [1.29, 1.82) is 0 Å². The predicted octanol–water partition coefficient (Wildman–Crippen LogP) is 5.39. The Bertz CT molecular complexity index is 353. The summed E-state index contributed by atoms with van der Waals surface area (Å²) in [4.78, 5) is 24.0. The first-order valence-corrected chi connectivity index (χ1v) is 9.52. The van der Waals surface area contributed by atoms with Crippen LogP contribution in [0, 0.1) is 11.8 Å². The van der Waals surface area contributed by atoms with Crippen LogP contribution in [0.15, 0.2) is 0 Å². The zero-order chi connectivity index (χ0) is 15.9. The lowest BCUT2D eigenvalue weighted by atomic mass is 9.83. The van der Waals surface area contributed by atoms with E-state index in [4.69, 9.17) is 0 Å². The number of carbonyl (C=O) groups is 2. The number of ketones is 1. The molecule has 0 aromatic rings. The minimum absolute atomic E-state index is 0.0604. The number of Topliss-reactive ketones (excluding diaryl/α,β-unsaturated/α-hetero) is 1. The lowest BCUT2D eigenvalue weighted by Crippen LogP contribution is -2.36. The Kier molecular flexibility index (Phi) is 8.00. The summed E-state index contributed by atoms with van der Waals surface area (Å²) in [6.45, 7) is 8.11. The highest BCUT2D eigenvalue weighted by molar-refractivity contribution is 8.16. The molecule has 0 N–H and O–H groups in total. The topological polar surface area (TPSA) is 34.1 Å². The van der Waals surface area contributed by atoms with Crippen LogP contribution in [0.4, 0.5) is 0 Å². The Hall–Kier alpha value is -0.310. The Labute approximate surface area is 134 Å². The molecular formula is C18H32O2S. The maximum absolute atomic E-state index is 12.3. The molecule has 3 atom stereocenters. The van der Waals surface area contributed by atoms with Gasteiger partial charge in [-0.2, -0.15) is 0 Å². The number of thioether (sulfide) groups is 1. The van der Waals surface area contributed by atoms with Crippen molar-refractivity contribution < 1.29 is 9.59 Å². The summed E-state index contributed by atoms with van der Waals surface area (Å²) in [6.07, 6.45) is 11.6. The molecule has 1 rings (SSSR count). The summed E-state index contributed by atoms with van der Waals surface area (Å²) in [7, 11) is 0. The summed E-state index contributed by atoms with van der Waals surface area (Å²) in [5.74, 6) is 0.0366. The summed E-state index contributed by atoms with van der Waals surface area (Å²) in [6, 6.07) is 0. The summed E-state index contributed by atoms with van der Waals surface area (Å²) >= 11 is 1.28. The number of unbranched alkanes of at least 4 members (excludes halogenated alkanes) is 7. The van der Waals surface area contributed by atoms with Crippen LogP contribution in [0.25, 0.3) is 0 Å². The molecule has 3 heteroatoms. The minimum atomic E-state index is -0.475. The van der Waals surface area contributed by atoms with E-state index in [9.17, 15) is 9.59 Å². The summed E-state index contributed by atoms with van der Waals surface area (Å²) < 4.78 is -0.475.